The third-order valence-electron chi connectivity index (χ3n) is 3.66. The number of rotatable bonds is 6. The number of fused-ring (bicyclic) bond motifs is 1. The summed E-state index contributed by atoms with van der Waals surface area (Å²) in [6, 6.07) is 14.8. The molecule has 0 radical (unpaired) electrons. The summed E-state index contributed by atoms with van der Waals surface area (Å²) in [5.41, 5.74) is 0.676. The molecular weight excluding hydrogens is 391 g/mol. The normalized spacial score (nSPS) is 12.5. The molecule has 0 amide bonds. The first kappa shape index (κ1) is 19.9. The first-order valence-corrected chi connectivity index (χ1v) is 9.13. The highest BCUT2D eigenvalue weighted by Gasteiger charge is 2.35. The summed E-state index contributed by atoms with van der Waals surface area (Å²) in [6.45, 7) is -0.0476. The smallest absolute Gasteiger partial charge is 0.451 e. The molecule has 28 heavy (non-hydrogen) atoms. The number of ether oxygens (including phenoxy) is 1. The minimum atomic E-state index is -4.66. The topological polar surface area (TPSA) is 79.0 Å². The van der Waals surface area contributed by atoms with E-state index >= 15 is 0 Å². The number of hydrogen-bond donors (Lipinski definition) is 1. The molecule has 1 aromatic heterocycles. The number of alkyl halides is 3. The maximum absolute atomic E-state index is 13.0. The van der Waals surface area contributed by atoms with Crippen molar-refractivity contribution < 1.29 is 23.0 Å². The van der Waals surface area contributed by atoms with E-state index in [0.29, 0.717) is 16.7 Å². The van der Waals surface area contributed by atoms with Gasteiger partial charge in [0.15, 0.2) is 0 Å². The van der Waals surface area contributed by atoms with Crippen molar-refractivity contribution in [3.63, 3.8) is 0 Å². The van der Waals surface area contributed by atoms with Gasteiger partial charge in [0.05, 0.1) is 23.3 Å². The third kappa shape index (κ3) is 4.91. The van der Waals surface area contributed by atoms with Crippen LogP contribution in [0.5, 0.6) is 5.75 Å². The highest BCUT2D eigenvalue weighted by molar-refractivity contribution is 7.99. The van der Waals surface area contributed by atoms with Crippen molar-refractivity contribution in [2.24, 2.45) is 0 Å². The van der Waals surface area contributed by atoms with Gasteiger partial charge in [-0.3, -0.25) is 0 Å². The number of aliphatic hydroxyl groups is 1. The van der Waals surface area contributed by atoms with E-state index in [1.165, 1.54) is 6.07 Å². The number of hydrogen-bond acceptors (Lipinski definition) is 6. The lowest BCUT2D eigenvalue weighted by Crippen LogP contribution is -2.20. The van der Waals surface area contributed by atoms with Crippen LogP contribution >= 0.6 is 11.8 Å². The number of nitriles is 1. The Hall–Kier alpha value is -2.83. The van der Waals surface area contributed by atoms with Gasteiger partial charge in [-0.1, -0.05) is 18.2 Å². The van der Waals surface area contributed by atoms with Crippen molar-refractivity contribution in [2.45, 2.75) is 17.3 Å². The van der Waals surface area contributed by atoms with E-state index in [1.807, 2.05) is 6.07 Å². The quantitative estimate of drug-likeness (QED) is 0.492. The first-order chi connectivity index (χ1) is 13.4. The molecule has 0 saturated heterocycles. The summed E-state index contributed by atoms with van der Waals surface area (Å²) < 4.78 is 44.5. The monoisotopic (exact) mass is 405 g/mol. The molecule has 1 unspecified atom stereocenters. The first-order valence-electron chi connectivity index (χ1n) is 8.14. The molecule has 3 rings (SSSR count). The van der Waals surface area contributed by atoms with Crippen molar-refractivity contribution in [3.05, 3.63) is 59.9 Å². The number of para-hydroxylation sites is 1. The zero-order chi connectivity index (χ0) is 20.1. The Balaban J connectivity index is 1.67. The Morgan fingerprint density at radius 1 is 1.11 bits per heavy atom. The van der Waals surface area contributed by atoms with Crippen molar-refractivity contribution in [2.75, 3.05) is 12.4 Å². The fourth-order valence-corrected chi connectivity index (χ4v) is 3.25. The van der Waals surface area contributed by atoms with Crippen LogP contribution in [0.15, 0.2) is 53.6 Å². The Kier molecular flexibility index (Phi) is 6.02. The molecule has 1 N–H and O–H groups in total. The zero-order valence-corrected chi connectivity index (χ0v) is 15.2. The lowest BCUT2D eigenvalue weighted by atomic mass is 10.2. The average molecular weight is 405 g/mol. The second kappa shape index (κ2) is 8.46. The molecule has 1 heterocycles. The lowest BCUT2D eigenvalue weighted by molar-refractivity contribution is -0.145. The van der Waals surface area contributed by atoms with Gasteiger partial charge in [-0.05, 0) is 30.3 Å². The summed E-state index contributed by atoms with van der Waals surface area (Å²) in [4.78, 5) is 7.19. The van der Waals surface area contributed by atoms with Crippen LogP contribution in [-0.4, -0.2) is 33.5 Å². The van der Waals surface area contributed by atoms with Crippen LogP contribution < -0.4 is 4.74 Å². The summed E-state index contributed by atoms with van der Waals surface area (Å²) in [7, 11) is 0. The predicted octanol–water partition coefficient (Wildman–Crippen LogP) is 4.05. The largest absolute Gasteiger partial charge is 0.491 e. The molecular formula is C19H14F3N3O2S. The second-order valence-corrected chi connectivity index (χ2v) is 6.79. The number of aliphatic hydroxyl groups excluding tert-OH is 1. The Labute approximate surface area is 162 Å². The van der Waals surface area contributed by atoms with Gasteiger partial charge in [0, 0.05) is 11.1 Å². The Bertz CT molecular complexity index is 1000. The highest BCUT2D eigenvalue weighted by atomic mass is 32.2. The number of aromatic nitrogens is 2. The lowest BCUT2D eigenvalue weighted by Gasteiger charge is -2.14. The minimum Gasteiger partial charge on any atom is -0.491 e. The Morgan fingerprint density at radius 2 is 1.82 bits per heavy atom. The van der Waals surface area contributed by atoms with Crippen molar-refractivity contribution in [3.8, 4) is 11.8 Å². The van der Waals surface area contributed by atoms with Gasteiger partial charge in [-0.2, -0.15) is 18.4 Å². The molecule has 9 heteroatoms. The van der Waals surface area contributed by atoms with E-state index in [-0.39, 0.29) is 22.9 Å². The molecule has 3 aromatic rings. The highest BCUT2D eigenvalue weighted by Crippen LogP contribution is 2.32. The van der Waals surface area contributed by atoms with Crippen LogP contribution in [-0.2, 0) is 6.18 Å². The van der Waals surface area contributed by atoms with Crippen molar-refractivity contribution >= 4 is 22.7 Å². The molecule has 5 nitrogen and oxygen atoms in total. The van der Waals surface area contributed by atoms with E-state index < -0.39 is 18.1 Å². The van der Waals surface area contributed by atoms with Crippen LogP contribution in [0.1, 0.15) is 11.4 Å². The molecule has 0 bridgehead atoms. The molecule has 2 aromatic carbocycles. The van der Waals surface area contributed by atoms with Gasteiger partial charge >= 0.3 is 6.18 Å². The van der Waals surface area contributed by atoms with Gasteiger partial charge in [-0.15, -0.1) is 11.8 Å². The molecule has 144 valence electrons. The van der Waals surface area contributed by atoms with Crippen LogP contribution in [0.2, 0.25) is 0 Å². The van der Waals surface area contributed by atoms with Gasteiger partial charge < -0.3 is 9.84 Å². The van der Waals surface area contributed by atoms with Gasteiger partial charge in [0.25, 0.3) is 0 Å². The standard InChI is InChI=1S/C19H14F3N3O2S/c20-19(21,22)18-24-16-4-2-1-3-15(16)17(25-18)28-11-13(26)10-27-14-7-5-12(9-23)6-8-14/h1-8,13,26H,10-11H2. The average Bonchev–Trinajstić information content (AvgIpc) is 2.70. The van der Waals surface area contributed by atoms with Crippen LogP contribution in [0.25, 0.3) is 10.9 Å². The summed E-state index contributed by atoms with van der Waals surface area (Å²) in [5, 5.41) is 19.5. The van der Waals surface area contributed by atoms with Gasteiger partial charge in [-0.25, -0.2) is 9.97 Å². The summed E-state index contributed by atoms with van der Waals surface area (Å²) in [6.07, 6.45) is -5.58. The second-order valence-electron chi connectivity index (χ2n) is 5.78. The molecule has 0 fully saturated rings. The predicted molar refractivity (Wildman–Crippen MR) is 97.9 cm³/mol. The van der Waals surface area contributed by atoms with Crippen LogP contribution in [0.4, 0.5) is 13.2 Å². The van der Waals surface area contributed by atoms with Crippen molar-refractivity contribution in [1.29, 1.82) is 5.26 Å². The number of benzene rings is 2. The molecule has 0 aliphatic carbocycles. The molecule has 0 saturated carbocycles. The summed E-state index contributed by atoms with van der Waals surface area (Å²) >= 11 is 1.01. The maximum Gasteiger partial charge on any atom is 0.451 e. The molecule has 0 spiro atoms. The maximum atomic E-state index is 13.0. The fraction of sp³-hybridized carbons (Fsp3) is 0.211. The number of halogens is 3. The number of nitrogens with zero attached hydrogens (tertiary/aromatic N) is 3. The van der Waals surface area contributed by atoms with E-state index in [4.69, 9.17) is 10.00 Å². The zero-order valence-electron chi connectivity index (χ0n) is 14.3. The third-order valence-corrected chi connectivity index (χ3v) is 4.80. The molecule has 0 aliphatic rings. The van der Waals surface area contributed by atoms with E-state index in [9.17, 15) is 18.3 Å². The van der Waals surface area contributed by atoms with E-state index in [1.54, 1.807) is 42.5 Å². The molecule has 0 aliphatic heterocycles. The Morgan fingerprint density at radius 3 is 2.50 bits per heavy atom. The van der Waals surface area contributed by atoms with Gasteiger partial charge in [0.2, 0.25) is 5.82 Å². The van der Waals surface area contributed by atoms with E-state index in [0.717, 1.165) is 11.8 Å². The van der Waals surface area contributed by atoms with E-state index in [2.05, 4.69) is 9.97 Å². The number of thioether (sulfide) groups is 1. The van der Waals surface area contributed by atoms with Crippen molar-refractivity contribution in [1.82, 2.24) is 9.97 Å². The van der Waals surface area contributed by atoms with Crippen LogP contribution in [0.3, 0.4) is 0 Å². The summed E-state index contributed by atoms with van der Waals surface area (Å²) in [5.74, 6) is -0.638. The minimum absolute atomic E-state index is 0.0476. The molecule has 1 atom stereocenters. The SMILES string of the molecule is N#Cc1ccc(OCC(O)CSc2nc(C(F)(F)F)nc3ccccc23)cc1. The fourth-order valence-electron chi connectivity index (χ4n) is 2.33. The van der Waals surface area contributed by atoms with Gasteiger partial charge in [0.1, 0.15) is 17.4 Å². The van der Waals surface area contributed by atoms with Crippen LogP contribution in [0, 0.1) is 11.3 Å².